The molecule has 2 heteroatoms. The van der Waals surface area contributed by atoms with E-state index in [4.69, 9.17) is 0 Å². The number of rotatable bonds is 2. The molecule has 0 atom stereocenters. The molecule has 0 spiro atoms. The highest BCUT2D eigenvalue weighted by Gasteiger charge is 2.35. The molecule has 0 bridgehead atoms. The summed E-state index contributed by atoms with van der Waals surface area (Å²) in [4.78, 5) is 0. The minimum absolute atomic E-state index is 0.0270. The van der Waals surface area contributed by atoms with E-state index in [2.05, 4.69) is 169 Å². The fourth-order valence-electron chi connectivity index (χ4n) is 8.35. The molecule has 0 aliphatic heterocycles. The molecule has 0 saturated heterocycles. The van der Waals surface area contributed by atoms with Crippen LogP contribution in [0.2, 0.25) is 0 Å². The zero-order valence-corrected chi connectivity index (χ0v) is 25.3. The van der Waals surface area contributed by atoms with E-state index in [1.165, 1.54) is 88.0 Å². The minimum atomic E-state index is -0.0270. The number of benzene rings is 7. The van der Waals surface area contributed by atoms with Gasteiger partial charge >= 0.3 is 0 Å². The van der Waals surface area contributed by atoms with Crippen LogP contribution in [0.4, 0.5) is 0 Å². The lowest BCUT2D eigenvalue weighted by Gasteiger charge is -2.21. The first-order chi connectivity index (χ1) is 22.1. The quantitative estimate of drug-likeness (QED) is 0.194. The Bertz CT molecular complexity index is 2670. The van der Waals surface area contributed by atoms with Crippen molar-refractivity contribution in [3.63, 3.8) is 0 Å². The van der Waals surface area contributed by atoms with Gasteiger partial charge < -0.3 is 9.13 Å². The molecule has 7 aromatic carbocycles. The van der Waals surface area contributed by atoms with E-state index < -0.39 is 0 Å². The summed E-state index contributed by atoms with van der Waals surface area (Å²) < 4.78 is 5.01. The molecule has 0 unspecified atom stereocenters. The van der Waals surface area contributed by atoms with Gasteiger partial charge in [0.25, 0.3) is 0 Å². The normalized spacial score (nSPS) is 13.7. The fourth-order valence-corrected chi connectivity index (χ4v) is 8.35. The smallest absolute Gasteiger partial charge is 0.0647 e. The molecule has 212 valence electrons. The number of hydrogen-bond donors (Lipinski definition) is 0. The Hall–Kier alpha value is -5.60. The van der Waals surface area contributed by atoms with E-state index in [1.54, 1.807) is 0 Å². The highest BCUT2D eigenvalue weighted by Crippen LogP contribution is 2.51. The first kappa shape index (κ1) is 24.8. The Morgan fingerprint density at radius 3 is 1.71 bits per heavy atom. The van der Waals surface area contributed by atoms with Crippen LogP contribution in [-0.4, -0.2) is 9.13 Å². The first-order valence-electron chi connectivity index (χ1n) is 15.8. The molecule has 0 amide bonds. The largest absolute Gasteiger partial charge is 0.309 e. The summed E-state index contributed by atoms with van der Waals surface area (Å²) in [6.07, 6.45) is 0. The van der Waals surface area contributed by atoms with Crippen LogP contribution in [-0.2, 0) is 5.41 Å². The van der Waals surface area contributed by atoms with Crippen molar-refractivity contribution in [3.05, 3.63) is 157 Å². The second kappa shape index (κ2) is 8.74. The molecule has 2 aromatic heterocycles. The van der Waals surface area contributed by atoms with E-state index >= 15 is 0 Å². The van der Waals surface area contributed by atoms with Gasteiger partial charge in [-0.25, -0.2) is 0 Å². The Morgan fingerprint density at radius 1 is 0.400 bits per heavy atom. The van der Waals surface area contributed by atoms with Crippen molar-refractivity contribution in [1.29, 1.82) is 0 Å². The monoisotopic (exact) mass is 574 g/mol. The predicted molar refractivity (Wildman–Crippen MR) is 190 cm³/mol. The topological polar surface area (TPSA) is 9.86 Å². The zero-order valence-electron chi connectivity index (χ0n) is 25.3. The van der Waals surface area contributed by atoms with E-state index in [0.29, 0.717) is 0 Å². The van der Waals surface area contributed by atoms with E-state index in [-0.39, 0.29) is 5.41 Å². The third kappa shape index (κ3) is 3.13. The molecule has 1 aliphatic rings. The molecule has 45 heavy (non-hydrogen) atoms. The Balaban J connectivity index is 1.44. The van der Waals surface area contributed by atoms with Crippen molar-refractivity contribution in [2.75, 3.05) is 0 Å². The maximum absolute atomic E-state index is 2.52. The Kier molecular flexibility index (Phi) is 4.82. The lowest BCUT2D eigenvalue weighted by molar-refractivity contribution is 0.660. The van der Waals surface area contributed by atoms with Gasteiger partial charge in [0.1, 0.15) is 0 Å². The lowest BCUT2D eigenvalue weighted by atomic mass is 9.82. The van der Waals surface area contributed by atoms with Crippen LogP contribution in [0.25, 0.3) is 76.9 Å². The van der Waals surface area contributed by atoms with Crippen molar-refractivity contribution in [2.45, 2.75) is 19.3 Å². The minimum Gasteiger partial charge on any atom is -0.309 e. The van der Waals surface area contributed by atoms with Crippen LogP contribution in [0.1, 0.15) is 25.0 Å². The molecule has 10 rings (SSSR count). The van der Waals surface area contributed by atoms with Gasteiger partial charge in [-0.2, -0.15) is 0 Å². The maximum atomic E-state index is 2.52. The molecule has 0 saturated carbocycles. The summed E-state index contributed by atoms with van der Waals surface area (Å²) in [6, 6.07) is 53.7. The molecule has 0 N–H and O–H groups in total. The molecular formula is C43H30N2. The van der Waals surface area contributed by atoms with E-state index in [1.807, 2.05) is 0 Å². The summed E-state index contributed by atoms with van der Waals surface area (Å²) in [7, 11) is 0. The Morgan fingerprint density at radius 2 is 0.956 bits per heavy atom. The highest BCUT2D eigenvalue weighted by molar-refractivity contribution is 6.36. The number of aromatic nitrogens is 2. The molecule has 0 radical (unpaired) electrons. The van der Waals surface area contributed by atoms with Crippen LogP contribution in [0.5, 0.6) is 0 Å². The number of fused-ring (bicyclic) bond motifs is 13. The SMILES string of the molecule is CC1(C)c2ccccc2-c2cc(-n3c4ccccc4c4c3c3ccccc3c3c5ccccc5n(-c5ccccc5)c34)ccc21. The number of para-hydroxylation sites is 3. The third-order valence-electron chi connectivity index (χ3n) is 10.3. The van der Waals surface area contributed by atoms with Crippen LogP contribution in [0, 0.1) is 0 Å². The van der Waals surface area contributed by atoms with Gasteiger partial charge in [0.2, 0.25) is 0 Å². The van der Waals surface area contributed by atoms with Gasteiger partial charge in [-0.1, -0.05) is 123 Å². The number of hydrogen-bond acceptors (Lipinski definition) is 0. The zero-order chi connectivity index (χ0) is 29.9. The molecular weight excluding hydrogens is 544 g/mol. The van der Waals surface area contributed by atoms with Crippen molar-refractivity contribution in [3.8, 4) is 22.5 Å². The van der Waals surface area contributed by atoms with Gasteiger partial charge in [-0.3, -0.25) is 0 Å². The average Bonchev–Trinajstić information content (AvgIpc) is 3.69. The third-order valence-corrected chi connectivity index (χ3v) is 10.3. The van der Waals surface area contributed by atoms with Crippen molar-refractivity contribution < 1.29 is 0 Å². The van der Waals surface area contributed by atoms with E-state index in [9.17, 15) is 0 Å². The van der Waals surface area contributed by atoms with Gasteiger partial charge in [-0.15, -0.1) is 0 Å². The van der Waals surface area contributed by atoms with Gasteiger partial charge in [-0.05, 0) is 64.0 Å². The summed E-state index contributed by atoms with van der Waals surface area (Å²) in [5, 5.41) is 7.70. The second-order valence-corrected chi connectivity index (χ2v) is 12.9. The molecule has 1 aliphatic carbocycles. The van der Waals surface area contributed by atoms with Crippen LogP contribution in [0.15, 0.2) is 146 Å². The standard InChI is InChI=1S/C43H30N2/c1-43(2)35-21-11-8-16-29(35)34-26-28(24-25-36(34)43)45-38-23-13-10-20-33(38)40-41(45)31-18-7-6-17-30(31)39-32-19-9-12-22-37(32)44(42(39)40)27-14-4-3-5-15-27/h3-26H,1-2H3. The first-order valence-corrected chi connectivity index (χ1v) is 15.8. The average molecular weight is 575 g/mol. The van der Waals surface area contributed by atoms with Crippen molar-refractivity contribution in [2.24, 2.45) is 0 Å². The summed E-state index contributed by atoms with van der Waals surface area (Å²) in [5.74, 6) is 0. The van der Waals surface area contributed by atoms with Gasteiger partial charge in [0, 0.05) is 43.7 Å². The predicted octanol–water partition coefficient (Wildman–Crippen LogP) is 11.3. The second-order valence-electron chi connectivity index (χ2n) is 12.9. The Labute approximate surface area is 261 Å². The summed E-state index contributed by atoms with van der Waals surface area (Å²) in [5.41, 5.74) is 12.8. The van der Waals surface area contributed by atoms with E-state index in [0.717, 1.165) is 0 Å². The maximum Gasteiger partial charge on any atom is 0.0647 e. The summed E-state index contributed by atoms with van der Waals surface area (Å²) >= 11 is 0. The molecule has 0 fully saturated rings. The summed E-state index contributed by atoms with van der Waals surface area (Å²) in [6.45, 7) is 4.70. The molecule has 2 nitrogen and oxygen atoms in total. The van der Waals surface area contributed by atoms with Gasteiger partial charge in [0.05, 0.1) is 22.1 Å². The van der Waals surface area contributed by atoms with Crippen LogP contribution in [0.3, 0.4) is 0 Å². The fraction of sp³-hybridized carbons (Fsp3) is 0.0698. The van der Waals surface area contributed by atoms with Crippen molar-refractivity contribution in [1.82, 2.24) is 9.13 Å². The van der Waals surface area contributed by atoms with Crippen LogP contribution < -0.4 is 0 Å². The number of nitrogens with zero attached hydrogens (tertiary/aromatic N) is 2. The lowest BCUT2D eigenvalue weighted by Crippen LogP contribution is -2.14. The van der Waals surface area contributed by atoms with Crippen LogP contribution >= 0.6 is 0 Å². The van der Waals surface area contributed by atoms with Gasteiger partial charge in [0.15, 0.2) is 0 Å². The molecule has 2 heterocycles. The molecule has 9 aromatic rings. The van der Waals surface area contributed by atoms with Crippen molar-refractivity contribution >= 4 is 54.4 Å². The highest BCUT2D eigenvalue weighted by atomic mass is 15.0.